The van der Waals surface area contributed by atoms with Gasteiger partial charge in [-0.15, -0.1) is 0 Å². The van der Waals surface area contributed by atoms with Gasteiger partial charge in [0.05, 0.1) is 12.0 Å². The first-order valence-corrected chi connectivity index (χ1v) is 4.73. The number of hydrogen-bond donors (Lipinski definition) is 0. The molecule has 1 aromatic rings. The summed E-state index contributed by atoms with van der Waals surface area (Å²) >= 11 is 0. The number of para-hydroxylation sites is 1. The highest BCUT2D eigenvalue weighted by molar-refractivity contribution is 5.79. The van der Waals surface area contributed by atoms with Crippen LogP contribution in [-0.2, 0) is 4.79 Å². The minimum Gasteiger partial charge on any atom is -0.548 e. The largest absolute Gasteiger partial charge is 0.548 e. The van der Waals surface area contributed by atoms with Crippen molar-refractivity contribution in [3.63, 3.8) is 0 Å². The van der Waals surface area contributed by atoms with E-state index in [0.717, 1.165) is 17.8 Å². The number of carbonyl (C=O) groups is 1. The van der Waals surface area contributed by atoms with Gasteiger partial charge in [-0.25, -0.2) is 0 Å². The lowest BCUT2D eigenvalue weighted by molar-refractivity contribution is -0.308. The van der Waals surface area contributed by atoms with Crippen LogP contribution in [0.2, 0.25) is 0 Å². The van der Waals surface area contributed by atoms with Crippen LogP contribution in [0.1, 0.15) is 12.0 Å². The lowest BCUT2D eigenvalue weighted by Crippen LogP contribution is -2.57. The standard InChI is InChI=1S/C11H13NO2/c1-8-4-2-3-5-9(8)12-7-6-10(12)11(13)14/h2-5,10H,6-7H2,1H3,(H,13,14)/p-1. The monoisotopic (exact) mass is 190 g/mol. The van der Waals surface area contributed by atoms with Gasteiger partial charge in [0.25, 0.3) is 0 Å². The first kappa shape index (κ1) is 9.06. The van der Waals surface area contributed by atoms with E-state index < -0.39 is 12.0 Å². The Morgan fingerprint density at radius 1 is 1.50 bits per heavy atom. The Balaban J connectivity index is 2.24. The van der Waals surface area contributed by atoms with Crippen molar-refractivity contribution in [2.24, 2.45) is 0 Å². The van der Waals surface area contributed by atoms with Crippen molar-refractivity contribution in [2.75, 3.05) is 11.4 Å². The third-order valence-corrected chi connectivity index (χ3v) is 2.72. The molecule has 1 aliphatic rings. The number of nitrogens with zero attached hydrogens (tertiary/aromatic N) is 1. The maximum atomic E-state index is 10.7. The first-order valence-electron chi connectivity index (χ1n) is 4.73. The average Bonchev–Trinajstić information content (AvgIpc) is 2.05. The average molecular weight is 190 g/mol. The minimum absolute atomic E-state index is 0.434. The van der Waals surface area contributed by atoms with Crippen molar-refractivity contribution in [1.29, 1.82) is 0 Å². The molecule has 1 aromatic carbocycles. The number of aliphatic carboxylic acids is 1. The van der Waals surface area contributed by atoms with Gasteiger partial charge in [0.1, 0.15) is 0 Å². The summed E-state index contributed by atoms with van der Waals surface area (Å²) in [5, 5.41) is 10.7. The van der Waals surface area contributed by atoms with Crippen LogP contribution in [0, 0.1) is 6.92 Å². The van der Waals surface area contributed by atoms with Gasteiger partial charge in [-0.05, 0) is 25.0 Å². The molecule has 0 bridgehead atoms. The van der Waals surface area contributed by atoms with Gasteiger partial charge in [0, 0.05) is 12.2 Å². The molecule has 0 N–H and O–H groups in total. The number of benzene rings is 1. The highest BCUT2D eigenvalue weighted by Crippen LogP contribution is 2.28. The molecule has 3 nitrogen and oxygen atoms in total. The van der Waals surface area contributed by atoms with Crippen LogP contribution in [0.3, 0.4) is 0 Å². The Morgan fingerprint density at radius 3 is 2.71 bits per heavy atom. The summed E-state index contributed by atoms with van der Waals surface area (Å²) in [6.45, 7) is 2.80. The smallest absolute Gasteiger partial charge is 0.0704 e. The fourth-order valence-corrected chi connectivity index (χ4v) is 1.81. The summed E-state index contributed by atoms with van der Waals surface area (Å²) in [5.74, 6) is -0.973. The Labute approximate surface area is 83.0 Å². The molecule has 1 atom stereocenters. The summed E-state index contributed by atoms with van der Waals surface area (Å²) in [7, 11) is 0. The molecular weight excluding hydrogens is 178 g/mol. The number of carbonyl (C=O) groups excluding carboxylic acids is 1. The summed E-state index contributed by atoms with van der Waals surface area (Å²) in [4.78, 5) is 12.6. The van der Waals surface area contributed by atoms with Gasteiger partial charge in [-0.2, -0.15) is 0 Å². The number of aryl methyl sites for hydroxylation is 1. The molecule has 0 aliphatic carbocycles. The Kier molecular flexibility index (Phi) is 2.15. The van der Waals surface area contributed by atoms with Crippen LogP contribution in [0.4, 0.5) is 5.69 Å². The molecule has 74 valence electrons. The Hall–Kier alpha value is -1.51. The molecule has 1 saturated heterocycles. The second-order valence-electron chi connectivity index (χ2n) is 3.60. The van der Waals surface area contributed by atoms with Crippen LogP contribution in [0.5, 0.6) is 0 Å². The molecule has 0 saturated carbocycles. The van der Waals surface area contributed by atoms with Crippen molar-refractivity contribution in [3.05, 3.63) is 29.8 Å². The van der Waals surface area contributed by atoms with Crippen molar-refractivity contribution in [1.82, 2.24) is 0 Å². The van der Waals surface area contributed by atoms with E-state index in [-0.39, 0.29) is 0 Å². The van der Waals surface area contributed by atoms with Crippen LogP contribution in [0.25, 0.3) is 0 Å². The number of carboxylic acid groups (broad SMARTS) is 1. The third-order valence-electron chi connectivity index (χ3n) is 2.72. The fraction of sp³-hybridized carbons (Fsp3) is 0.364. The zero-order valence-corrected chi connectivity index (χ0v) is 8.06. The number of hydrogen-bond acceptors (Lipinski definition) is 3. The van der Waals surface area contributed by atoms with E-state index in [2.05, 4.69) is 0 Å². The van der Waals surface area contributed by atoms with E-state index in [1.165, 1.54) is 0 Å². The molecule has 1 heterocycles. The van der Waals surface area contributed by atoms with Crippen LogP contribution in [-0.4, -0.2) is 18.6 Å². The maximum Gasteiger partial charge on any atom is 0.0704 e. The van der Waals surface area contributed by atoms with Gasteiger partial charge in [0.2, 0.25) is 0 Å². The number of carboxylic acids is 1. The fourth-order valence-electron chi connectivity index (χ4n) is 1.81. The zero-order chi connectivity index (χ0) is 10.1. The topological polar surface area (TPSA) is 43.4 Å². The van der Waals surface area contributed by atoms with Crippen molar-refractivity contribution in [2.45, 2.75) is 19.4 Å². The van der Waals surface area contributed by atoms with Gasteiger partial charge >= 0.3 is 0 Å². The molecule has 2 rings (SSSR count). The molecule has 0 amide bonds. The summed E-state index contributed by atoms with van der Waals surface area (Å²) < 4.78 is 0. The Morgan fingerprint density at radius 2 is 2.21 bits per heavy atom. The molecule has 1 fully saturated rings. The predicted octanol–water partition coefficient (Wildman–Crippen LogP) is 0.324. The van der Waals surface area contributed by atoms with E-state index >= 15 is 0 Å². The van der Waals surface area contributed by atoms with Crippen LogP contribution in [0.15, 0.2) is 24.3 Å². The van der Waals surface area contributed by atoms with Crippen molar-refractivity contribution < 1.29 is 9.90 Å². The first-order chi connectivity index (χ1) is 6.70. The van der Waals surface area contributed by atoms with E-state index in [4.69, 9.17) is 0 Å². The summed E-state index contributed by atoms with van der Waals surface area (Å²) in [5.41, 5.74) is 2.12. The molecular formula is C11H12NO2-. The minimum atomic E-state index is -0.973. The second-order valence-corrected chi connectivity index (χ2v) is 3.60. The van der Waals surface area contributed by atoms with Gasteiger partial charge in [-0.1, -0.05) is 18.2 Å². The Bertz CT molecular complexity index is 362. The lowest BCUT2D eigenvalue weighted by atomic mass is 10.0. The van der Waals surface area contributed by atoms with Gasteiger partial charge < -0.3 is 14.8 Å². The van der Waals surface area contributed by atoms with E-state index in [9.17, 15) is 9.90 Å². The highest BCUT2D eigenvalue weighted by atomic mass is 16.4. The second kappa shape index (κ2) is 3.33. The van der Waals surface area contributed by atoms with E-state index in [1.807, 2.05) is 36.1 Å². The van der Waals surface area contributed by atoms with E-state index in [0.29, 0.717) is 6.42 Å². The van der Waals surface area contributed by atoms with Crippen LogP contribution >= 0.6 is 0 Å². The third kappa shape index (κ3) is 1.35. The molecule has 3 heteroatoms. The van der Waals surface area contributed by atoms with Crippen molar-refractivity contribution >= 4 is 11.7 Å². The van der Waals surface area contributed by atoms with Crippen molar-refractivity contribution in [3.8, 4) is 0 Å². The SMILES string of the molecule is Cc1ccccc1N1CCC1C(=O)[O-]. The molecule has 14 heavy (non-hydrogen) atoms. The highest BCUT2D eigenvalue weighted by Gasteiger charge is 2.29. The zero-order valence-electron chi connectivity index (χ0n) is 8.06. The molecule has 0 radical (unpaired) electrons. The molecule has 1 aliphatic heterocycles. The number of rotatable bonds is 2. The normalized spacial score (nSPS) is 20.4. The molecule has 0 aromatic heterocycles. The lowest BCUT2D eigenvalue weighted by Gasteiger charge is -2.44. The van der Waals surface area contributed by atoms with Crippen LogP contribution < -0.4 is 10.0 Å². The molecule has 1 unspecified atom stereocenters. The maximum absolute atomic E-state index is 10.7. The quantitative estimate of drug-likeness (QED) is 0.674. The van der Waals surface area contributed by atoms with Gasteiger partial charge in [0.15, 0.2) is 0 Å². The summed E-state index contributed by atoms with van der Waals surface area (Å²) in [6, 6.07) is 7.38. The molecule has 0 spiro atoms. The van der Waals surface area contributed by atoms with E-state index in [1.54, 1.807) is 0 Å². The predicted molar refractivity (Wildman–Crippen MR) is 51.9 cm³/mol. The number of anilines is 1. The summed E-state index contributed by atoms with van der Waals surface area (Å²) in [6.07, 6.45) is 0.691. The van der Waals surface area contributed by atoms with Gasteiger partial charge in [-0.3, -0.25) is 0 Å².